The summed E-state index contributed by atoms with van der Waals surface area (Å²) in [4.78, 5) is 21.9. The van der Waals surface area contributed by atoms with Gasteiger partial charge in [0, 0.05) is 35.4 Å². The second-order valence-electron chi connectivity index (χ2n) is 6.22. The number of likely N-dealkylation sites (N-methyl/N-ethyl adjacent to an activating group) is 1. The van der Waals surface area contributed by atoms with E-state index in [4.69, 9.17) is 9.47 Å². The lowest BCUT2D eigenvalue weighted by molar-refractivity contribution is -0.146. The molecule has 2 N–H and O–H groups in total. The van der Waals surface area contributed by atoms with Gasteiger partial charge in [-0.15, -0.1) is 0 Å². The van der Waals surface area contributed by atoms with Crippen molar-refractivity contribution in [3.63, 3.8) is 0 Å². The summed E-state index contributed by atoms with van der Waals surface area (Å²) in [5.41, 5.74) is 1.99. The fourth-order valence-corrected chi connectivity index (χ4v) is 3.43. The number of H-pyrrole nitrogens is 1. The van der Waals surface area contributed by atoms with Gasteiger partial charge in [0.05, 0.1) is 32.3 Å². The van der Waals surface area contributed by atoms with Crippen molar-refractivity contribution in [1.29, 1.82) is 0 Å². The van der Waals surface area contributed by atoms with E-state index in [1.54, 1.807) is 12.4 Å². The molecule has 1 unspecified atom stereocenters. The second kappa shape index (κ2) is 5.59. The van der Waals surface area contributed by atoms with Gasteiger partial charge in [-0.1, -0.05) is 0 Å². The van der Waals surface area contributed by atoms with Crippen molar-refractivity contribution in [3.05, 3.63) is 30.2 Å². The van der Waals surface area contributed by atoms with Crippen LogP contribution in [0.2, 0.25) is 0 Å². The van der Waals surface area contributed by atoms with E-state index in [2.05, 4.69) is 15.3 Å². The minimum atomic E-state index is -0.594. The molecule has 0 radical (unpaired) electrons. The highest BCUT2D eigenvalue weighted by Crippen LogP contribution is 2.33. The van der Waals surface area contributed by atoms with Crippen LogP contribution in [-0.2, 0) is 20.8 Å². The van der Waals surface area contributed by atoms with Crippen molar-refractivity contribution in [2.24, 2.45) is 0 Å². The predicted octanol–water partition coefficient (Wildman–Crippen LogP) is 0.626. The molecule has 7 nitrogen and oxygen atoms in total. The van der Waals surface area contributed by atoms with Crippen LogP contribution in [0.1, 0.15) is 12.1 Å². The number of carbonyl (C=O) groups excluding carboxylic acids is 1. The fraction of sp³-hybridized carbons (Fsp3) is 0.500. The molecule has 0 aliphatic carbocycles. The number of pyridine rings is 1. The molecule has 7 heteroatoms. The van der Waals surface area contributed by atoms with Gasteiger partial charge >= 0.3 is 0 Å². The summed E-state index contributed by atoms with van der Waals surface area (Å²) in [5.74, 6) is -0.593. The van der Waals surface area contributed by atoms with Crippen LogP contribution < -0.4 is 5.32 Å². The lowest BCUT2D eigenvalue weighted by atomic mass is 10.1. The van der Waals surface area contributed by atoms with E-state index in [1.807, 2.05) is 24.1 Å². The van der Waals surface area contributed by atoms with Crippen LogP contribution in [0.3, 0.4) is 0 Å². The van der Waals surface area contributed by atoms with Gasteiger partial charge in [0.15, 0.2) is 5.79 Å². The van der Waals surface area contributed by atoms with Crippen molar-refractivity contribution < 1.29 is 14.3 Å². The number of hydrogen-bond acceptors (Lipinski definition) is 5. The molecule has 1 spiro atoms. The van der Waals surface area contributed by atoms with Crippen LogP contribution in [0, 0.1) is 0 Å². The number of rotatable bonds is 3. The molecule has 2 fully saturated rings. The zero-order chi connectivity index (χ0) is 15.9. The van der Waals surface area contributed by atoms with Crippen LogP contribution in [0.25, 0.3) is 10.9 Å². The maximum absolute atomic E-state index is 12.5. The average molecular weight is 316 g/mol. The standard InChI is InChI=1S/C16H20N4O3/c1-20-10-16(22-4-5-23-16)7-14(20)15(21)18-9-12-6-11-8-17-3-2-13(11)19-12/h2-3,6,8,14,19H,4-5,7,9-10H2,1H3,(H,18,21). The smallest absolute Gasteiger partial charge is 0.237 e. The van der Waals surface area contributed by atoms with Crippen LogP contribution in [0.15, 0.2) is 24.5 Å². The highest BCUT2D eigenvalue weighted by atomic mass is 16.7. The van der Waals surface area contributed by atoms with E-state index in [9.17, 15) is 4.79 Å². The largest absolute Gasteiger partial charge is 0.357 e. The summed E-state index contributed by atoms with van der Waals surface area (Å²) in [5, 5.41) is 4.04. The Balaban J connectivity index is 1.40. The molecular weight excluding hydrogens is 296 g/mol. The molecule has 23 heavy (non-hydrogen) atoms. The zero-order valence-electron chi connectivity index (χ0n) is 13.0. The number of aromatic nitrogens is 2. The summed E-state index contributed by atoms with van der Waals surface area (Å²) >= 11 is 0. The van der Waals surface area contributed by atoms with Gasteiger partial charge < -0.3 is 19.8 Å². The highest BCUT2D eigenvalue weighted by molar-refractivity contribution is 5.83. The maximum atomic E-state index is 12.5. The Labute approximate surface area is 134 Å². The molecule has 4 rings (SSSR count). The molecule has 2 aliphatic rings. The summed E-state index contributed by atoms with van der Waals surface area (Å²) < 4.78 is 11.4. The average Bonchev–Trinajstić information content (AvgIpc) is 3.24. The molecule has 0 aromatic carbocycles. The third-order valence-electron chi connectivity index (χ3n) is 4.57. The Hall–Kier alpha value is -1.96. The molecule has 4 heterocycles. The number of fused-ring (bicyclic) bond motifs is 1. The number of nitrogens with zero attached hydrogens (tertiary/aromatic N) is 2. The number of nitrogens with one attached hydrogen (secondary N) is 2. The number of carbonyl (C=O) groups is 1. The summed E-state index contributed by atoms with van der Waals surface area (Å²) in [6.45, 7) is 2.30. The zero-order valence-corrected chi connectivity index (χ0v) is 13.0. The molecule has 2 aliphatic heterocycles. The molecule has 0 bridgehead atoms. The normalized spacial score (nSPS) is 23.8. The van der Waals surface area contributed by atoms with Crippen molar-refractivity contribution in [1.82, 2.24) is 20.2 Å². The molecule has 0 saturated carbocycles. The molecule has 1 amide bonds. The van der Waals surface area contributed by atoms with E-state index < -0.39 is 5.79 Å². The van der Waals surface area contributed by atoms with Gasteiger partial charge in [-0.2, -0.15) is 0 Å². The van der Waals surface area contributed by atoms with Crippen LogP contribution in [0.4, 0.5) is 0 Å². The van der Waals surface area contributed by atoms with Gasteiger partial charge in [-0.3, -0.25) is 14.7 Å². The number of likely N-dealkylation sites (tertiary alicyclic amines) is 1. The maximum Gasteiger partial charge on any atom is 0.237 e. The molecule has 122 valence electrons. The molecular formula is C16H20N4O3. The van der Waals surface area contributed by atoms with Gasteiger partial charge in [0.1, 0.15) is 0 Å². The summed E-state index contributed by atoms with van der Waals surface area (Å²) in [6.07, 6.45) is 4.13. The van der Waals surface area contributed by atoms with Crippen molar-refractivity contribution in [2.75, 3.05) is 26.8 Å². The Kier molecular flexibility index (Phi) is 3.56. The molecule has 2 saturated heterocycles. The van der Waals surface area contributed by atoms with Crippen molar-refractivity contribution in [2.45, 2.75) is 24.8 Å². The van der Waals surface area contributed by atoms with Crippen LogP contribution >= 0.6 is 0 Å². The van der Waals surface area contributed by atoms with Gasteiger partial charge in [0.2, 0.25) is 5.91 Å². The van der Waals surface area contributed by atoms with Gasteiger partial charge in [-0.25, -0.2) is 0 Å². The Morgan fingerprint density at radius 2 is 2.35 bits per heavy atom. The predicted molar refractivity (Wildman–Crippen MR) is 83.6 cm³/mol. The van der Waals surface area contributed by atoms with Crippen LogP contribution in [-0.4, -0.2) is 59.4 Å². The Bertz CT molecular complexity index is 690. The topological polar surface area (TPSA) is 79.5 Å². The monoisotopic (exact) mass is 316 g/mol. The van der Waals surface area contributed by atoms with Gasteiger partial charge in [-0.05, 0) is 19.2 Å². The van der Waals surface area contributed by atoms with Crippen molar-refractivity contribution in [3.8, 4) is 0 Å². The summed E-state index contributed by atoms with van der Waals surface area (Å²) in [7, 11) is 1.93. The minimum absolute atomic E-state index is 0.000237. The minimum Gasteiger partial charge on any atom is -0.357 e. The number of ether oxygens (including phenoxy) is 2. The first kappa shape index (κ1) is 14.6. The van der Waals surface area contributed by atoms with E-state index in [0.29, 0.717) is 32.7 Å². The fourth-order valence-electron chi connectivity index (χ4n) is 3.43. The van der Waals surface area contributed by atoms with Crippen LogP contribution in [0.5, 0.6) is 0 Å². The second-order valence-corrected chi connectivity index (χ2v) is 6.22. The van der Waals surface area contributed by atoms with Crippen molar-refractivity contribution >= 4 is 16.8 Å². The summed E-state index contributed by atoms with van der Waals surface area (Å²) in [6, 6.07) is 3.70. The Morgan fingerprint density at radius 3 is 3.13 bits per heavy atom. The third kappa shape index (κ3) is 2.71. The highest BCUT2D eigenvalue weighted by Gasteiger charge is 2.49. The molecule has 2 aromatic rings. The molecule has 2 aromatic heterocycles. The van der Waals surface area contributed by atoms with E-state index in [-0.39, 0.29) is 11.9 Å². The first-order chi connectivity index (χ1) is 11.2. The first-order valence-electron chi connectivity index (χ1n) is 7.83. The van der Waals surface area contributed by atoms with Gasteiger partial charge in [0.25, 0.3) is 0 Å². The SMILES string of the molecule is CN1CC2(CC1C(=O)NCc1cc3cnccc3[nH]1)OCCO2. The number of aromatic amines is 1. The van der Waals surface area contributed by atoms with E-state index >= 15 is 0 Å². The Morgan fingerprint density at radius 1 is 1.52 bits per heavy atom. The number of amides is 1. The lowest BCUT2D eigenvalue weighted by Gasteiger charge is -2.20. The number of hydrogen-bond donors (Lipinski definition) is 2. The first-order valence-corrected chi connectivity index (χ1v) is 7.83. The quantitative estimate of drug-likeness (QED) is 0.868. The van der Waals surface area contributed by atoms with E-state index in [0.717, 1.165) is 16.6 Å². The lowest BCUT2D eigenvalue weighted by Crippen LogP contribution is -2.41. The van der Waals surface area contributed by atoms with E-state index in [1.165, 1.54) is 0 Å². The third-order valence-corrected chi connectivity index (χ3v) is 4.57. The molecule has 1 atom stereocenters.